The van der Waals surface area contributed by atoms with Gasteiger partial charge >= 0.3 is 0 Å². The highest BCUT2D eigenvalue weighted by Gasteiger charge is 2.24. The van der Waals surface area contributed by atoms with Crippen LogP contribution in [-0.2, 0) is 6.42 Å². The van der Waals surface area contributed by atoms with Crippen LogP contribution in [-0.4, -0.2) is 44.0 Å². The van der Waals surface area contributed by atoms with Crippen molar-refractivity contribution in [1.82, 2.24) is 25.0 Å². The Hall–Kier alpha value is -3.16. The molecule has 28 heavy (non-hydrogen) atoms. The second kappa shape index (κ2) is 8.24. The minimum absolute atomic E-state index is 0.0128. The van der Waals surface area contributed by atoms with E-state index >= 15 is 0 Å². The molecule has 0 spiro atoms. The van der Waals surface area contributed by atoms with E-state index in [-0.39, 0.29) is 11.7 Å². The molecule has 4 rings (SSSR count). The number of rotatable bonds is 5. The molecule has 0 radical (unpaired) electrons. The first-order chi connectivity index (χ1) is 13.7. The molecular weight excluding hydrogens is 361 g/mol. The molecule has 2 aromatic heterocycles. The quantitative estimate of drug-likeness (QED) is 0.675. The summed E-state index contributed by atoms with van der Waals surface area (Å²) in [7, 11) is 0. The molecule has 0 saturated carbocycles. The zero-order chi connectivity index (χ0) is 19.3. The molecule has 0 N–H and O–H groups in total. The first kappa shape index (κ1) is 18.2. The summed E-state index contributed by atoms with van der Waals surface area (Å²) in [5, 5.41) is 4.02. The van der Waals surface area contributed by atoms with Crippen LogP contribution in [0.25, 0.3) is 11.5 Å². The number of halogens is 1. The van der Waals surface area contributed by atoms with E-state index in [4.69, 9.17) is 4.52 Å². The molecular formula is C20H20FN5O2. The SMILES string of the molecule is O=C(c1cncnc1)N1CCC(CCc2noc(-c3ccc(F)cc3)n2)CC1. The number of amides is 1. The Morgan fingerprint density at radius 2 is 1.86 bits per heavy atom. The molecule has 3 aromatic rings. The lowest BCUT2D eigenvalue weighted by molar-refractivity contribution is 0.0685. The van der Waals surface area contributed by atoms with Gasteiger partial charge in [-0.2, -0.15) is 4.98 Å². The number of aromatic nitrogens is 4. The Balaban J connectivity index is 1.27. The summed E-state index contributed by atoms with van der Waals surface area (Å²) in [4.78, 5) is 26.5. The predicted molar refractivity (Wildman–Crippen MR) is 98.7 cm³/mol. The summed E-state index contributed by atoms with van der Waals surface area (Å²) in [6.07, 6.45) is 8.08. The summed E-state index contributed by atoms with van der Waals surface area (Å²) >= 11 is 0. The van der Waals surface area contributed by atoms with Crippen LogP contribution >= 0.6 is 0 Å². The highest BCUT2D eigenvalue weighted by Crippen LogP contribution is 2.24. The molecule has 0 bridgehead atoms. The fraction of sp³-hybridized carbons (Fsp3) is 0.350. The first-order valence-corrected chi connectivity index (χ1v) is 9.32. The molecule has 0 unspecified atom stereocenters. The fourth-order valence-corrected chi connectivity index (χ4v) is 3.42. The Morgan fingerprint density at radius 3 is 2.57 bits per heavy atom. The third-order valence-corrected chi connectivity index (χ3v) is 5.04. The molecule has 8 heteroatoms. The largest absolute Gasteiger partial charge is 0.339 e. The number of piperidine rings is 1. The van der Waals surface area contributed by atoms with E-state index in [1.165, 1.54) is 18.5 Å². The summed E-state index contributed by atoms with van der Waals surface area (Å²) in [6.45, 7) is 1.46. The van der Waals surface area contributed by atoms with Gasteiger partial charge in [0.25, 0.3) is 11.8 Å². The summed E-state index contributed by atoms with van der Waals surface area (Å²) in [5.74, 6) is 1.26. The Bertz CT molecular complexity index is 921. The van der Waals surface area contributed by atoms with Crippen molar-refractivity contribution in [1.29, 1.82) is 0 Å². The monoisotopic (exact) mass is 381 g/mol. The molecule has 1 aromatic carbocycles. The summed E-state index contributed by atoms with van der Waals surface area (Å²) < 4.78 is 18.3. The Labute approximate surface area is 161 Å². The minimum atomic E-state index is -0.298. The lowest BCUT2D eigenvalue weighted by atomic mass is 9.92. The van der Waals surface area contributed by atoms with E-state index in [1.54, 1.807) is 24.5 Å². The molecule has 1 fully saturated rings. The fourth-order valence-electron chi connectivity index (χ4n) is 3.42. The van der Waals surface area contributed by atoms with E-state index in [9.17, 15) is 9.18 Å². The topological polar surface area (TPSA) is 85.0 Å². The maximum atomic E-state index is 13.0. The second-order valence-corrected chi connectivity index (χ2v) is 6.92. The summed E-state index contributed by atoms with van der Waals surface area (Å²) in [5.41, 5.74) is 1.23. The van der Waals surface area contributed by atoms with E-state index < -0.39 is 0 Å². The molecule has 0 aliphatic carbocycles. The number of hydrogen-bond acceptors (Lipinski definition) is 6. The molecule has 1 saturated heterocycles. The standard InChI is InChI=1S/C20H20FN5O2/c21-17-4-2-15(3-5-17)19-24-18(25-28-19)6-1-14-7-9-26(10-8-14)20(27)16-11-22-13-23-12-16/h2-5,11-14H,1,6-10H2. The van der Waals surface area contributed by atoms with Crippen LogP contribution in [0.2, 0.25) is 0 Å². The van der Waals surface area contributed by atoms with Gasteiger partial charge in [-0.3, -0.25) is 4.79 Å². The highest BCUT2D eigenvalue weighted by atomic mass is 19.1. The zero-order valence-electron chi connectivity index (χ0n) is 15.3. The van der Waals surface area contributed by atoms with E-state index in [0.29, 0.717) is 28.8 Å². The smallest absolute Gasteiger partial charge is 0.257 e. The van der Waals surface area contributed by atoms with Crippen molar-refractivity contribution in [3.8, 4) is 11.5 Å². The number of benzene rings is 1. The molecule has 1 aliphatic heterocycles. The third kappa shape index (κ3) is 4.21. The van der Waals surface area contributed by atoms with Gasteiger partial charge < -0.3 is 9.42 Å². The Morgan fingerprint density at radius 1 is 1.14 bits per heavy atom. The lowest BCUT2D eigenvalue weighted by Gasteiger charge is -2.31. The molecule has 7 nitrogen and oxygen atoms in total. The Kier molecular flexibility index (Phi) is 5.36. The van der Waals surface area contributed by atoms with Crippen molar-refractivity contribution in [2.45, 2.75) is 25.7 Å². The molecule has 144 valence electrons. The zero-order valence-corrected chi connectivity index (χ0v) is 15.3. The van der Waals surface area contributed by atoms with Crippen LogP contribution in [0, 0.1) is 11.7 Å². The predicted octanol–water partition coefficient (Wildman–Crippen LogP) is 3.15. The van der Waals surface area contributed by atoms with Gasteiger partial charge in [0.15, 0.2) is 5.82 Å². The lowest BCUT2D eigenvalue weighted by Crippen LogP contribution is -2.38. The normalized spacial score (nSPS) is 15.0. The van der Waals surface area contributed by atoms with E-state index in [1.807, 2.05) is 4.90 Å². The van der Waals surface area contributed by atoms with Crippen molar-refractivity contribution < 1.29 is 13.7 Å². The molecule has 1 amide bonds. The van der Waals surface area contributed by atoms with Crippen molar-refractivity contribution in [2.75, 3.05) is 13.1 Å². The summed E-state index contributed by atoms with van der Waals surface area (Å²) in [6, 6.07) is 5.99. The number of likely N-dealkylation sites (tertiary alicyclic amines) is 1. The maximum Gasteiger partial charge on any atom is 0.257 e. The van der Waals surface area contributed by atoms with Crippen LogP contribution in [0.1, 0.15) is 35.4 Å². The number of carbonyl (C=O) groups excluding carboxylic acids is 1. The van der Waals surface area contributed by atoms with Crippen molar-refractivity contribution in [2.24, 2.45) is 5.92 Å². The van der Waals surface area contributed by atoms with Crippen LogP contribution in [0.4, 0.5) is 4.39 Å². The van der Waals surface area contributed by atoms with Gasteiger partial charge in [-0.1, -0.05) is 5.16 Å². The van der Waals surface area contributed by atoms with Crippen molar-refractivity contribution in [3.63, 3.8) is 0 Å². The molecule has 3 heterocycles. The first-order valence-electron chi connectivity index (χ1n) is 9.32. The third-order valence-electron chi connectivity index (χ3n) is 5.04. The number of aryl methyl sites for hydroxylation is 1. The second-order valence-electron chi connectivity index (χ2n) is 6.92. The number of hydrogen-bond donors (Lipinski definition) is 0. The highest BCUT2D eigenvalue weighted by molar-refractivity contribution is 5.93. The van der Waals surface area contributed by atoms with Crippen LogP contribution in [0.3, 0.4) is 0 Å². The number of carbonyl (C=O) groups is 1. The van der Waals surface area contributed by atoms with E-state index in [0.717, 1.165) is 38.8 Å². The van der Waals surface area contributed by atoms with Gasteiger partial charge in [0.05, 0.1) is 5.56 Å². The van der Waals surface area contributed by atoms with Crippen molar-refractivity contribution in [3.05, 3.63) is 60.2 Å². The average Bonchev–Trinajstić information content (AvgIpc) is 3.22. The van der Waals surface area contributed by atoms with Gasteiger partial charge in [0.1, 0.15) is 12.1 Å². The van der Waals surface area contributed by atoms with Crippen molar-refractivity contribution >= 4 is 5.91 Å². The van der Waals surface area contributed by atoms with Gasteiger partial charge in [0, 0.05) is 37.5 Å². The van der Waals surface area contributed by atoms with E-state index in [2.05, 4.69) is 20.1 Å². The van der Waals surface area contributed by atoms with Gasteiger partial charge in [-0.15, -0.1) is 0 Å². The van der Waals surface area contributed by atoms with Gasteiger partial charge in [0.2, 0.25) is 0 Å². The van der Waals surface area contributed by atoms with Crippen LogP contribution in [0.5, 0.6) is 0 Å². The van der Waals surface area contributed by atoms with Gasteiger partial charge in [-0.25, -0.2) is 14.4 Å². The number of nitrogens with zero attached hydrogens (tertiary/aromatic N) is 5. The van der Waals surface area contributed by atoms with Gasteiger partial charge in [-0.05, 0) is 49.4 Å². The molecule has 0 atom stereocenters. The maximum absolute atomic E-state index is 13.0. The minimum Gasteiger partial charge on any atom is -0.339 e. The van der Waals surface area contributed by atoms with Crippen LogP contribution in [0.15, 0.2) is 47.5 Å². The average molecular weight is 381 g/mol. The molecule has 1 aliphatic rings. The van der Waals surface area contributed by atoms with Crippen LogP contribution < -0.4 is 0 Å².